The van der Waals surface area contributed by atoms with Gasteiger partial charge in [-0.05, 0) is 78.2 Å². The molecule has 0 fully saturated rings. The third-order valence-electron chi connectivity index (χ3n) is 11.2. The Labute approximate surface area is 338 Å². The molecule has 0 saturated heterocycles. The maximum absolute atomic E-state index is 14.4. The maximum atomic E-state index is 14.4. The number of para-hydroxylation sites is 1. The largest absolute Gasteiger partial charge is 0.510 e. The Kier molecular flexibility index (Phi) is 10.8. The number of nitrogens with zero attached hydrogens (tertiary/aromatic N) is 3. The fraction of sp³-hybridized carbons (Fsp3) is 0.415. The number of hydrogen-bond acceptors (Lipinski definition) is 15. The van der Waals surface area contributed by atoms with Crippen LogP contribution in [0.3, 0.4) is 0 Å². The van der Waals surface area contributed by atoms with E-state index in [1.54, 1.807) is 71.0 Å². The number of aryl methyl sites for hydroxylation is 1. The van der Waals surface area contributed by atoms with Gasteiger partial charge in [-0.2, -0.15) is 0 Å². The maximum Gasteiger partial charge on any atom is 0.413 e. The number of nitrogens with two attached hydrogens (primary N) is 1. The van der Waals surface area contributed by atoms with E-state index in [1.807, 2.05) is 0 Å². The van der Waals surface area contributed by atoms with E-state index in [0.29, 0.717) is 27.8 Å². The lowest BCUT2D eigenvalue weighted by Gasteiger charge is -2.50. The molecule has 4 atom stereocenters. The summed E-state index contributed by atoms with van der Waals surface area (Å²) in [6.45, 7) is 5.15. The molecule has 314 valence electrons. The molecule has 2 aromatic carbocycles. The number of amides is 3. The normalized spacial score (nSPS) is 21.5. The summed E-state index contributed by atoms with van der Waals surface area (Å²) in [5.41, 5.74) is 1.50. The number of primary amides is 1. The smallest absolute Gasteiger partial charge is 0.413 e. The van der Waals surface area contributed by atoms with Gasteiger partial charge in [0.15, 0.2) is 17.1 Å². The summed E-state index contributed by atoms with van der Waals surface area (Å²) in [5, 5.41) is 49.5. The van der Waals surface area contributed by atoms with Crippen LogP contribution >= 0.6 is 0 Å². The summed E-state index contributed by atoms with van der Waals surface area (Å²) in [6.07, 6.45) is -1.09. The highest BCUT2D eigenvalue weighted by Gasteiger charge is 2.63. The van der Waals surface area contributed by atoms with Crippen molar-refractivity contribution in [1.82, 2.24) is 9.80 Å². The number of ketones is 2. The third-order valence-corrected chi connectivity index (χ3v) is 11.2. The number of carbonyl (C=O) groups excluding carboxylic acids is 6. The summed E-state index contributed by atoms with van der Waals surface area (Å²) in [6, 6.07) is 7.30. The molecule has 0 saturated carbocycles. The molecule has 3 aliphatic carbocycles. The molecule has 0 unspecified atom stereocenters. The summed E-state index contributed by atoms with van der Waals surface area (Å²) in [4.78, 5) is 84.2. The summed E-state index contributed by atoms with van der Waals surface area (Å²) >= 11 is 0. The van der Waals surface area contributed by atoms with Crippen molar-refractivity contribution in [2.45, 2.75) is 57.7 Å². The monoisotopic (exact) mass is 817 g/mol. The van der Waals surface area contributed by atoms with Crippen molar-refractivity contribution >= 4 is 57.8 Å². The van der Waals surface area contributed by atoms with Crippen LogP contribution in [-0.2, 0) is 30.3 Å². The average Bonchev–Trinajstić information content (AvgIpc) is 3.48. The highest BCUT2D eigenvalue weighted by Crippen LogP contribution is 2.54. The minimum Gasteiger partial charge on any atom is -0.510 e. The molecule has 0 aliphatic heterocycles. The lowest BCUT2D eigenvalue weighted by molar-refractivity contribution is -0.148. The first-order valence-corrected chi connectivity index (χ1v) is 18.6. The van der Waals surface area contributed by atoms with E-state index in [4.69, 9.17) is 19.6 Å². The number of phenolic OH excluding ortho intramolecular Hbond substituents is 1. The molecule has 7 N–H and O–H groups in total. The molecule has 0 radical (unpaired) electrons. The molecular formula is C41H47N5O13. The van der Waals surface area contributed by atoms with Crippen LogP contribution in [0.5, 0.6) is 5.75 Å². The topological polar surface area (TPSA) is 263 Å². The van der Waals surface area contributed by atoms with Crippen LogP contribution < -0.4 is 16.0 Å². The number of likely N-dealkylation sites (N-methyl/N-ethyl adjacent to an activating group) is 1. The number of allylic oxidation sites excluding steroid dienone is 1. The van der Waals surface area contributed by atoms with Crippen molar-refractivity contribution in [3.63, 3.8) is 0 Å². The van der Waals surface area contributed by atoms with Gasteiger partial charge in [0.05, 0.1) is 17.3 Å². The molecule has 6 rings (SSSR count). The van der Waals surface area contributed by atoms with E-state index in [2.05, 4.69) is 5.32 Å². The Hall–Kier alpha value is -6.40. The first-order chi connectivity index (χ1) is 27.5. The number of Topliss-reactive ketones (excluding diaryl/α,β-unsaturated/α-hetero) is 2. The quantitative estimate of drug-likeness (QED) is 0.0784. The number of aromatic hydroxyl groups is 1. The van der Waals surface area contributed by atoms with Crippen molar-refractivity contribution in [2.75, 3.05) is 51.7 Å². The number of nitrogens with one attached hydrogen (secondary N) is 1. The van der Waals surface area contributed by atoms with Gasteiger partial charge in [0.2, 0.25) is 24.2 Å². The summed E-state index contributed by atoms with van der Waals surface area (Å²) in [5.74, 6) is -9.81. The van der Waals surface area contributed by atoms with E-state index in [9.17, 15) is 49.2 Å². The van der Waals surface area contributed by atoms with E-state index >= 15 is 0 Å². The van der Waals surface area contributed by atoms with E-state index in [-0.39, 0.29) is 35.4 Å². The molecule has 1 aromatic heterocycles. The van der Waals surface area contributed by atoms with Gasteiger partial charge >= 0.3 is 12.1 Å². The van der Waals surface area contributed by atoms with Gasteiger partial charge in [0.25, 0.3) is 5.91 Å². The van der Waals surface area contributed by atoms with Crippen molar-refractivity contribution < 1.29 is 63.1 Å². The fourth-order valence-electron chi connectivity index (χ4n) is 8.35. The molecular weight excluding hydrogens is 770 g/mol. The van der Waals surface area contributed by atoms with E-state index in [1.165, 1.54) is 25.1 Å². The molecule has 59 heavy (non-hydrogen) atoms. The zero-order chi connectivity index (χ0) is 43.6. The number of hydrogen-bond donors (Lipinski definition) is 6. The third kappa shape index (κ3) is 7.01. The zero-order valence-corrected chi connectivity index (χ0v) is 33.8. The first kappa shape index (κ1) is 42.2. The fourth-order valence-corrected chi connectivity index (χ4v) is 8.35. The van der Waals surface area contributed by atoms with Crippen molar-refractivity contribution in [2.24, 2.45) is 17.6 Å². The minimum atomic E-state index is -2.83. The Bertz CT molecular complexity index is 2390. The van der Waals surface area contributed by atoms with Crippen LogP contribution in [0.15, 0.2) is 57.4 Å². The number of furan rings is 1. The van der Waals surface area contributed by atoms with E-state index in [0.717, 1.165) is 4.90 Å². The van der Waals surface area contributed by atoms with Gasteiger partial charge in [-0.1, -0.05) is 18.2 Å². The molecule has 3 aromatic rings. The SMILES string of the molecule is Cc1c(C(=O)OCOC(=O)N(CC(=O)Nc2cc(N(C)C)c3c(c2O)C(=O)C2=C(O)[C@]4(O)C(=O)C(C(N)=O)=C(O)[C@@H](N(C)C)[C@@H]4C[C@@H]2C3)C(C)(C)C)oc2ccccc12. The number of fused-ring (bicyclic) bond motifs is 4. The second kappa shape index (κ2) is 15.1. The van der Waals surface area contributed by atoms with Gasteiger partial charge in [-0.15, -0.1) is 0 Å². The van der Waals surface area contributed by atoms with E-state index < -0.39 is 101 Å². The predicted molar refractivity (Wildman–Crippen MR) is 211 cm³/mol. The summed E-state index contributed by atoms with van der Waals surface area (Å²) in [7, 11) is 6.41. The number of ether oxygens (including phenoxy) is 2. The Morgan fingerprint density at radius 2 is 1.69 bits per heavy atom. The Balaban J connectivity index is 1.26. The molecule has 18 nitrogen and oxygen atoms in total. The molecule has 0 bridgehead atoms. The molecule has 0 spiro atoms. The number of rotatable bonds is 9. The van der Waals surface area contributed by atoms with Gasteiger partial charge in [0.1, 0.15) is 29.2 Å². The molecule has 3 amide bonds. The molecule has 1 heterocycles. The van der Waals surface area contributed by atoms with Crippen LogP contribution in [-0.4, -0.2) is 124 Å². The lowest BCUT2D eigenvalue weighted by atomic mass is 9.58. The minimum absolute atomic E-state index is 0.0218. The van der Waals surface area contributed by atoms with Crippen LogP contribution in [0.4, 0.5) is 16.2 Å². The van der Waals surface area contributed by atoms with Crippen molar-refractivity contribution in [3.8, 4) is 5.75 Å². The number of phenols is 1. The second-order valence-electron chi connectivity index (χ2n) is 16.3. The predicted octanol–water partition coefficient (Wildman–Crippen LogP) is 3.23. The van der Waals surface area contributed by atoms with Crippen LogP contribution in [0.1, 0.15) is 59.2 Å². The van der Waals surface area contributed by atoms with Gasteiger partial charge in [0, 0.05) is 47.8 Å². The van der Waals surface area contributed by atoms with Gasteiger partial charge < -0.3 is 50.3 Å². The number of aliphatic hydroxyl groups is 3. The average molecular weight is 818 g/mol. The van der Waals surface area contributed by atoms with Crippen molar-refractivity contribution in [3.05, 3.63) is 75.4 Å². The molecule has 3 aliphatic rings. The molecule has 18 heteroatoms. The number of benzene rings is 2. The first-order valence-electron chi connectivity index (χ1n) is 18.6. The highest BCUT2D eigenvalue weighted by atomic mass is 16.7. The Morgan fingerprint density at radius 3 is 2.29 bits per heavy atom. The van der Waals surface area contributed by atoms with Crippen LogP contribution in [0.2, 0.25) is 0 Å². The van der Waals surface area contributed by atoms with Gasteiger partial charge in [-0.3, -0.25) is 29.0 Å². The second-order valence-corrected chi connectivity index (χ2v) is 16.3. The van der Waals surface area contributed by atoms with Crippen LogP contribution in [0.25, 0.3) is 11.0 Å². The number of anilines is 2. The zero-order valence-electron chi connectivity index (χ0n) is 33.8. The summed E-state index contributed by atoms with van der Waals surface area (Å²) < 4.78 is 16.0. The standard InChI is InChI=1S/C41H47N5O13/c1-18-20-11-9-10-12-25(20)59-34(18)38(54)57-17-58-39(55)46(40(2,3)4)16-26(47)43-23-15-24(44(5)6)21-13-19-14-22-30(45(7)8)33(50)29(37(42)53)36(52)41(22,56)35(51)27(19)32(49)28(21)31(23)48/h9-12,15,19,22,30,48,50-51,56H,13-14,16-17H2,1-8H3,(H2,42,53)(H,43,47)/t19-,22-,30-,41-/m0/s1. The number of aliphatic hydroxyl groups excluding tert-OH is 2. The Morgan fingerprint density at radius 1 is 1.03 bits per heavy atom. The van der Waals surface area contributed by atoms with Gasteiger partial charge in [-0.25, -0.2) is 9.59 Å². The number of esters is 1. The van der Waals surface area contributed by atoms with Crippen LogP contribution in [0, 0.1) is 18.8 Å². The van der Waals surface area contributed by atoms with Crippen molar-refractivity contribution in [1.29, 1.82) is 0 Å². The number of carbonyl (C=O) groups is 6. The highest BCUT2D eigenvalue weighted by molar-refractivity contribution is 6.25. The lowest BCUT2D eigenvalue weighted by Crippen LogP contribution is -2.63.